The number of pyridine rings is 1. The molecule has 4 rings (SSSR count). The lowest BCUT2D eigenvalue weighted by molar-refractivity contribution is -0.123. The highest BCUT2D eigenvalue weighted by Crippen LogP contribution is 2.28. The molecule has 1 aromatic heterocycles. The first kappa shape index (κ1) is 23.2. The van der Waals surface area contributed by atoms with E-state index in [-0.39, 0.29) is 26.8 Å². The zero-order chi connectivity index (χ0) is 22.7. The maximum absolute atomic E-state index is 12.7. The molecule has 3 heterocycles. The summed E-state index contributed by atoms with van der Waals surface area (Å²) in [6.07, 6.45) is 5.78. The van der Waals surface area contributed by atoms with Crippen LogP contribution in [0.25, 0.3) is 0 Å². The van der Waals surface area contributed by atoms with E-state index >= 15 is 0 Å². The van der Waals surface area contributed by atoms with Gasteiger partial charge < -0.3 is 15.5 Å². The van der Waals surface area contributed by atoms with Crippen molar-refractivity contribution in [1.82, 2.24) is 20.5 Å². The molecule has 0 bridgehead atoms. The number of piperidine rings is 1. The molecule has 2 saturated heterocycles. The number of amides is 1. The Kier molecular flexibility index (Phi) is 7.14. The number of aromatic nitrogens is 1. The van der Waals surface area contributed by atoms with Crippen LogP contribution in [0.3, 0.4) is 0 Å². The Labute approximate surface area is 194 Å². The molecule has 32 heavy (non-hydrogen) atoms. The molecular weight excluding hydrogens is 448 g/mol. The summed E-state index contributed by atoms with van der Waals surface area (Å²) in [7, 11) is -3.69. The van der Waals surface area contributed by atoms with Crippen molar-refractivity contribution in [3.8, 4) is 0 Å². The Morgan fingerprint density at radius 3 is 2.75 bits per heavy atom. The molecule has 0 radical (unpaired) electrons. The van der Waals surface area contributed by atoms with E-state index in [0.717, 1.165) is 44.5 Å². The molecule has 1 amide bonds. The standard InChI is InChI=1S/C23H29ClN4O3S/c1-2-8-28-9-7-21-17(15-28)10-22(27-21)23(29)26-12-16-3-5-19(6-4-16)32(30,31)20-11-18(24)13-25-14-20/h3-6,11,13-14,17,21-22,27H,2,7-10,12,15H2,1H3,(H,26,29). The van der Waals surface area contributed by atoms with E-state index in [0.29, 0.717) is 18.5 Å². The summed E-state index contributed by atoms with van der Waals surface area (Å²) < 4.78 is 25.5. The Hall–Kier alpha value is -2.00. The van der Waals surface area contributed by atoms with Crippen LogP contribution in [0.15, 0.2) is 52.5 Å². The average Bonchev–Trinajstić information content (AvgIpc) is 3.21. The monoisotopic (exact) mass is 476 g/mol. The van der Waals surface area contributed by atoms with E-state index in [1.807, 2.05) is 0 Å². The van der Waals surface area contributed by atoms with Crippen LogP contribution in [0.5, 0.6) is 0 Å². The number of sulfone groups is 1. The van der Waals surface area contributed by atoms with Gasteiger partial charge in [0, 0.05) is 31.5 Å². The van der Waals surface area contributed by atoms with Crippen molar-refractivity contribution >= 4 is 27.3 Å². The molecular formula is C23H29ClN4O3S. The predicted molar refractivity (Wildman–Crippen MR) is 123 cm³/mol. The SMILES string of the molecule is CCCN1CCC2NC(C(=O)NCc3ccc(S(=O)(=O)c4cncc(Cl)c4)cc3)CC2C1. The molecule has 1 aromatic carbocycles. The van der Waals surface area contributed by atoms with Gasteiger partial charge in [0.1, 0.15) is 0 Å². The lowest BCUT2D eigenvalue weighted by Crippen LogP contribution is -2.46. The zero-order valence-electron chi connectivity index (χ0n) is 18.1. The molecule has 2 aliphatic rings. The molecule has 7 nitrogen and oxygen atoms in total. The molecule has 3 atom stereocenters. The number of likely N-dealkylation sites (tertiary alicyclic amines) is 1. The van der Waals surface area contributed by atoms with E-state index < -0.39 is 9.84 Å². The third kappa shape index (κ3) is 5.14. The second-order valence-electron chi connectivity index (χ2n) is 8.61. The highest BCUT2D eigenvalue weighted by Gasteiger charge is 2.40. The Morgan fingerprint density at radius 1 is 1.25 bits per heavy atom. The molecule has 2 aliphatic heterocycles. The molecule has 3 unspecified atom stereocenters. The summed E-state index contributed by atoms with van der Waals surface area (Å²) in [5.41, 5.74) is 0.839. The van der Waals surface area contributed by atoms with Crippen LogP contribution in [-0.2, 0) is 21.2 Å². The molecule has 0 aliphatic carbocycles. The Balaban J connectivity index is 1.32. The van der Waals surface area contributed by atoms with Gasteiger partial charge in [0.25, 0.3) is 0 Å². The van der Waals surface area contributed by atoms with E-state index in [1.54, 1.807) is 24.3 Å². The maximum Gasteiger partial charge on any atom is 0.237 e. The van der Waals surface area contributed by atoms with Crippen molar-refractivity contribution in [3.63, 3.8) is 0 Å². The summed E-state index contributed by atoms with van der Waals surface area (Å²) in [6.45, 7) is 5.84. The van der Waals surface area contributed by atoms with Crippen molar-refractivity contribution < 1.29 is 13.2 Å². The van der Waals surface area contributed by atoms with Gasteiger partial charge in [-0.3, -0.25) is 9.78 Å². The van der Waals surface area contributed by atoms with Gasteiger partial charge in [-0.2, -0.15) is 0 Å². The quantitative estimate of drug-likeness (QED) is 0.638. The molecule has 172 valence electrons. The number of carbonyl (C=O) groups is 1. The minimum Gasteiger partial charge on any atom is -0.351 e. The predicted octanol–water partition coefficient (Wildman–Crippen LogP) is 2.65. The fraction of sp³-hybridized carbons (Fsp3) is 0.478. The molecule has 0 spiro atoms. The van der Waals surface area contributed by atoms with Gasteiger partial charge in [-0.15, -0.1) is 0 Å². The van der Waals surface area contributed by atoms with Gasteiger partial charge in [0.15, 0.2) is 0 Å². The van der Waals surface area contributed by atoms with Crippen LogP contribution < -0.4 is 10.6 Å². The Morgan fingerprint density at radius 2 is 2.03 bits per heavy atom. The number of hydrogen-bond acceptors (Lipinski definition) is 6. The topological polar surface area (TPSA) is 91.4 Å². The molecule has 2 N–H and O–H groups in total. The Bertz CT molecular complexity index is 1060. The molecule has 2 fully saturated rings. The fourth-order valence-corrected chi connectivity index (χ4v) is 6.16. The van der Waals surface area contributed by atoms with Crippen molar-refractivity contribution in [2.75, 3.05) is 19.6 Å². The van der Waals surface area contributed by atoms with Crippen molar-refractivity contribution in [3.05, 3.63) is 53.3 Å². The zero-order valence-corrected chi connectivity index (χ0v) is 19.7. The van der Waals surface area contributed by atoms with Crippen LogP contribution in [-0.4, -0.2) is 55.9 Å². The molecule has 9 heteroatoms. The normalized spacial score (nSPS) is 23.6. The third-order valence-electron chi connectivity index (χ3n) is 6.32. The van der Waals surface area contributed by atoms with Crippen LogP contribution >= 0.6 is 11.6 Å². The number of fused-ring (bicyclic) bond motifs is 1. The van der Waals surface area contributed by atoms with Gasteiger partial charge in [-0.25, -0.2) is 8.42 Å². The van der Waals surface area contributed by atoms with Gasteiger partial charge in [0.05, 0.1) is 20.9 Å². The first-order valence-corrected chi connectivity index (χ1v) is 12.9. The van der Waals surface area contributed by atoms with Gasteiger partial charge in [0.2, 0.25) is 15.7 Å². The van der Waals surface area contributed by atoms with Gasteiger partial charge >= 0.3 is 0 Å². The van der Waals surface area contributed by atoms with Gasteiger partial charge in [-0.05, 0) is 62.0 Å². The van der Waals surface area contributed by atoms with Crippen molar-refractivity contribution in [2.24, 2.45) is 5.92 Å². The number of carbonyl (C=O) groups excluding carboxylic acids is 1. The van der Waals surface area contributed by atoms with E-state index in [4.69, 9.17) is 11.6 Å². The van der Waals surface area contributed by atoms with Crippen molar-refractivity contribution in [2.45, 2.75) is 54.6 Å². The number of halogens is 1. The van der Waals surface area contributed by atoms with E-state index in [2.05, 4.69) is 27.4 Å². The number of hydrogen-bond donors (Lipinski definition) is 2. The van der Waals surface area contributed by atoms with Crippen LogP contribution in [0.4, 0.5) is 0 Å². The second kappa shape index (κ2) is 9.87. The number of rotatable bonds is 7. The van der Waals surface area contributed by atoms with Gasteiger partial charge in [-0.1, -0.05) is 30.7 Å². The number of nitrogens with zero attached hydrogens (tertiary/aromatic N) is 2. The number of nitrogens with one attached hydrogen (secondary N) is 2. The minimum absolute atomic E-state index is 0.00291. The van der Waals surface area contributed by atoms with Crippen LogP contribution in [0, 0.1) is 5.92 Å². The first-order valence-electron chi connectivity index (χ1n) is 11.1. The summed E-state index contributed by atoms with van der Waals surface area (Å²) in [6, 6.07) is 8.16. The largest absolute Gasteiger partial charge is 0.351 e. The molecule has 0 saturated carbocycles. The van der Waals surface area contributed by atoms with E-state index in [9.17, 15) is 13.2 Å². The fourth-order valence-electron chi connectivity index (χ4n) is 4.67. The lowest BCUT2D eigenvalue weighted by Gasteiger charge is -2.34. The molecule has 2 aromatic rings. The number of benzene rings is 1. The average molecular weight is 477 g/mol. The van der Waals surface area contributed by atoms with Crippen LogP contribution in [0.2, 0.25) is 5.02 Å². The summed E-state index contributed by atoms with van der Waals surface area (Å²) >= 11 is 5.87. The maximum atomic E-state index is 12.7. The summed E-state index contributed by atoms with van der Waals surface area (Å²) in [4.78, 5) is 19.3. The highest BCUT2D eigenvalue weighted by atomic mass is 35.5. The van der Waals surface area contributed by atoms with E-state index in [1.165, 1.54) is 18.5 Å². The minimum atomic E-state index is -3.69. The van der Waals surface area contributed by atoms with Crippen LogP contribution in [0.1, 0.15) is 31.7 Å². The lowest BCUT2D eigenvalue weighted by atomic mass is 9.92. The van der Waals surface area contributed by atoms with Crippen molar-refractivity contribution in [1.29, 1.82) is 0 Å². The smallest absolute Gasteiger partial charge is 0.237 e. The summed E-state index contributed by atoms with van der Waals surface area (Å²) in [5, 5.41) is 6.77. The first-order chi connectivity index (χ1) is 15.4. The summed E-state index contributed by atoms with van der Waals surface area (Å²) in [5.74, 6) is 0.527. The third-order valence-corrected chi connectivity index (χ3v) is 8.26. The second-order valence-corrected chi connectivity index (χ2v) is 11.0. The highest BCUT2D eigenvalue weighted by molar-refractivity contribution is 7.91.